The summed E-state index contributed by atoms with van der Waals surface area (Å²) in [5.41, 5.74) is 8.05. The molecule has 0 bridgehead atoms. The SMILES string of the molecule is NC1CC(NCc2ccc(N3CCCC3=O)cc2)C1. The highest BCUT2D eigenvalue weighted by atomic mass is 16.2. The fraction of sp³-hybridized carbons (Fsp3) is 0.533. The minimum absolute atomic E-state index is 0.245. The fourth-order valence-corrected chi connectivity index (χ4v) is 2.81. The molecule has 0 atom stereocenters. The largest absolute Gasteiger partial charge is 0.328 e. The molecule has 4 heteroatoms. The molecule has 4 nitrogen and oxygen atoms in total. The molecule has 1 aromatic carbocycles. The molecule has 1 amide bonds. The monoisotopic (exact) mass is 259 g/mol. The van der Waals surface area contributed by atoms with E-state index in [4.69, 9.17) is 5.73 Å². The van der Waals surface area contributed by atoms with Crippen molar-refractivity contribution in [3.8, 4) is 0 Å². The summed E-state index contributed by atoms with van der Waals surface area (Å²) in [6, 6.07) is 9.27. The van der Waals surface area contributed by atoms with Crippen LogP contribution in [0.4, 0.5) is 5.69 Å². The van der Waals surface area contributed by atoms with Crippen molar-refractivity contribution >= 4 is 11.6 Å². The Morgan fingerprint density at radius 2 is 2.00 bits per heavy atom. The van der Waals surface area contributed by atoms with Crippen molar-refractivity contribution in [1.82, 2.24) is 5.32 Å². The van der Waals surface area contributed by atoms with Crippen LogP contribution in [0.5, 0.6) is 0 Å². The average molecular weight is 259 g/mol. The van der Waals surface area contributed by atoms with Gasteiger partial charge in [-0.3, -0.25) is 4.79 Å². The zero-order valence-electron chi connectivity index (χ0n) is 11.1. The lowest BCUT2D eigenvalue weighted by Crippen LogP contribution is -2.48. The van der Waals surface area contributed by atoms with E-state index < -0.39 is 0 Å². The molecule has 1 heterocycles. The van der Waals surface area contributed by atoms with Crippen LogP contribution in [0.2, 0.25) is 0 Å². The van der Waals surface area contributed by atoms with Gasteiger partial charge in [0.1, 0.15) is 0 Å². The van der Waals surface area contributed by atoms with Crippen molar-refractivity contribution in [2.75, 3.05) is 11.4 Å². The molecule has 3 N–H and O–H groups in total. The minimum Gasteiger partial charge on any atom is -0.328 e. The molecule has 1 aliphatic carbocycles. The lowest BCUT2D eigenvalue weighted by atomic mass is 9.87. The van der Waals surface area contributed by atoms with Crippen LogP contribution in [0, 0.1) is 0 Å². The Bertz CT molecular complexity index is 451. The number of nitrogens with two attached hydrogens (primary N) is 1. The van der Waals surface area contributed by atoms with Gasteiger partial charge in [0.05, 0.1) is 0 Å². The Kier molecular flexibility index (Phi) is 3.53. The standard InChI is InChI=1S/C15H21N3O/c16-12-8-13(9-12)17-10-11-3-5-14(6-4-11)18-7-1-2-15(18)19/h3-6,12-13,17H,1-2,7-10,16H2. The van der Waals surface area contributed by atoms with Gasteiger partial charge in [0.2, 0.25) is 5.91 Å². The van der Waals surface area contributed by atoms with Crippen LogP contribution in [0.3, 0.4) is 0 Å². The van der Waals surface area contributed by atoms with Gasteiger partial charge in [0.25, 0.3) is 0 Å². The van der Waals surface area contributed by atoms with Crippen molar-refractivity contribution in [2.24, 2.45) is 5.73 Å². The number of nitrogens with one attached hydrogen (secondary N) is 1. The number of anilines is 1. The van der Waals surface area contributed by atoms with Gasteiger partial charge in [0, 0.05) is 37.3 Å². The Hall–Kier alpha value is -1.39. The minimum atomic E-state index is 0.245. The number of rotatable bonds is 4. The number of amides is 1. The Labute approximate surface area is 114 Å². The van der Waals surface area contributed by atoms with Crippen molar-refractivity contribution in [1.29, 1.82) is 0 Å². The highest BCUT2D eigenvalue weighted by Gasteiger charge is 2.25. The smallest absolute Gasteiger partial charge is 0.227 e. The number of carbonyl (C=O) groups excluding carboxylic acids is 1. The number of benzene rings is 1. The highest BCUT2D eigenvalue weighted by molar-refractivity contribution is 5.95. The van der Waals surface area contributed by atoms with E-state index in [-0.39, 0.29) is 5.91 Å². The van der Waals surface area contributed by atoms with E-state index in [1.165, 1.54) is 5.56 Å². The lowest BCUT2D eigenvalue weighted by Gasteiger charge is -2.33. The number of carbonyl (C=O) groups is 1. The molecule has 0 unspecified atom stereocenters. The molecule has 102 valence electrons. The second-order valence-electron chi connectivity index (χ2n) is 5.62. The molecule has 1 saturated carbocycles. The Morgan fingerprint density at radius 3 is 2.58 bits per heavy atom. The third-order valence-electron chi connectivity index (χ3n) is 4.09. The first-order valence-corrected chi connectivity index (χ1v) is 7.10. The van der Waals surface area contributed by atoms with Gasteiger partial charge in [-0.2, -0.15) is 0 Å². The van der Waals surface area contributed by atoms with Crippen molar-refractivity contribution in [3.63, 3.8) is 0 Å². The van der Waals surface area contributed by atoms with Crippen LogP contribution in [0.1, 0.15) is 31.2 Å². The highest BCUT2D eigenvalue weighted by Crippen LogP contribution is 2.22. The van der Waals surface area contributed by atoms with Gasteiger partial charge in [0.15, 0.2) is 0 Å². The first kappa shape index (κ1) is 12.6. The third kappa shape index (κ3) is 2.80. The van der Waals surface area contributed by atoms with E-state index in [9.17, 15) is 4.79 Å². The first-order valence-electron chi connectivity index (χ1n) is 7.10. The maximum absolute atomic E-state index is 11.7. The molecule has 1 saturated heterocycles. The molecule has 0 aromatic heterocycles. The summed E-state index contributed by atoms with van der Waals surface area (Å²) < 4.78 is 0. The average Bonchev–Trinajstić information content (AvgIpc) is 2.80. The van der Waals surface area contributed by atoms with E-state index in [0.29, 0.717) is 18.5 Å². The van der Waals surface area contributed by atoms with E-state index in [0.717, 1.165) is 38.0 Å². The predicted octanol–water partition coefficient (Wildman–Crippen LogP) is 1.39. The van der Waals surface area contributed by atoms with E-state index in [1.807, 2.05) is 17.0 Å². The summed E-state index contributed by atoms with van der Waals surface area (Å²) >= 11 is 0. The van der Waals surface area contributed by atoms with Crippen LogP contribution in [0.25, 0.3) is 0 Å². The second-order valence-corrected chi connectivity index (χ2v) is 5.62. The molecule has 2 aliphatic rings. The molecular formula is C15H21N3O. The topological polar surface area (TPSA) is 58.4 Å². The van der Waals surface area contributed by atoms with E-state index >= 15 is 0 Å². The maximum atomic E-state index is 11.7. The molecule has 1 aromatic rings. The zero-order chi connectivity index (χ0) is 13.2. The summed E-state index contributed by atoms with van der Waals surface area (Å²) in [5.74, 6) is 0.245. The first-order chi connectivity index (χ1) is 9.22. The normalized spacial score (nSPS) is 26.6. The molecule has 2 fully saturated rings. The Morgan fingerprint density at radius 1 is 1.26 bits per heavy atom. The predicted molar refractivity (Wildman–Crippen MR) is 75.9 cm³/mol. The number of nitrogens with zero attached hydrogens (tertiary/aromatic N) is 1. The molecule has 19 heavy (non-hydrogen) atoms. The number of hydrogen-bond donors (Lipinski definition) is 2. The van der Waals surface area contributed by atoms with Crippen LogP contribution >= 0.6 is 0 Å². The van der Waals surface area contributed by atoms with Gasteiger partial charge in [-0.1, -0.05) is 12.1 Å². The van der Waals surface area contributed by atoms with Crippen LogP contribution in [-0.4, -0.2) is 24.5 Å². The van der Waals surface area contributed by atoms with Crippen molar-refractivity contribution in [2.45, 2.75) is 44.3 Å². The number of hydrogen-bond acceptors (Lipinski definition) is 3. The molecule has 0 radical (unpaired) electrons. The van der Waals surface area contributed by atoms with Gasteiger partial charge >= 0.3 is 0 Å². The fourth-order valence-electron chi connectivity index (χ4n) is 2.81. The van der Waals surface area contributed by atoms with Crippen molar-refractivity contribution in [3.05, 3.63) is 29.8 Å². The van der Waals surface area contributed by atoms with Crippen LogP contribution in [0.15, 0.2) is 24.3 Å². The van der Waals surface area contributed by atoms with Crippen molar-refractivity contribution < 1.29 is 4.79 Å². The van der Waals surface area contributed by atoms with Gasteiger partial charge in [-0.05, 0) is 37.0 Å². The molecule has 3 rings (SSSR count). The van der Waals surface area contributed by atoms with Gasteiger partial charge < -0.3 is 16.0 Å². The lowest BCUT2D eigenvalue weighted by molar-refractivity contribution is -0.117. The third-order valence-corrected chi connectivity index (χ3v) is 4.09. The quantitative estimate of drug-likeness (QED) is 0.859. The Balaban J connectivity index is 1.55. The van der Waals surface area contributed by atoms with E-state index in [1.54, 1.807) is 0 Å². The molecule has 1 aliphatic heterocycles. The summed E-state index contributed by atoms with van der Waals surface area (Å²) in [5, 5.41) is 3.50. The second kappa shape index (κ2) is 5.31. The summed E-state index contributed by atoms with van der Waals surface area (Å²) in [4.78, 5) is 13.5. The summed E-state index contributed by atoms with van der Waals surface area (Å²) in [6.07, 6.45) is 3.83. The van der Waals surface area contributed by atoms with Crippen LogP contribution < -0.4 is 16.0 Å². The zero-order valence-corrected chi connectivity index (χ0v) is 11.1. The summed E-state index contributed by atoms with van der Waals surface area (Å²) in [7, 11) is 0. The van der Waals surface area contributed by atoms with Crippen LogP contribution in [-0.2, 0) is 11.3 Å². The van der Waals surface area contributed by atoms with E-state index in [2.05, 4.69) is 17.4 Å². The van der Waals surface area contributed by atoms with Gasteiger partial charge in [-0.25, -0.2) is 0 Å². The summed E-state index contributed by atoms with van der Waals surface area (Å²) in [6.45, 7) is 1.74. The van der Waals surface area contributed by atoms with Gasteiger partial charge in [-0.15, -0.1) is 0 Å². The molecular weight excluding hydrogens is 238 g/mol. The maximum Gasteiger partial charge on any atom is 0.227 e. The molecule has 0 spiro atoms.